The van der Waals surface area contributed by atoms with Gasteiger partial charge < -0.3 is 0 Å². The van der Waals surface area contributed by atoms with Gasteiger partial charge in [0.1, 0.15) is 0 Å². The molecule has 0 heterocycles. The Morgan fingerprint density at radius 1 is 0.923 bits per heavy atom. The topological polar surface area (TPSA) is 3.24 Å². The second kappa shape index (κ2) is 4.45. The molecule has 0 aliphatic heterocycles. The largest absolute Gasteiger partial charge is 0.294 e. The fourth-order valence-electron chi connectivity index (χ4n) is 1.95. The Hall–Kier alpha value is -0.0400. The van der Waals surface area contributed by atoms with Crippen LogP contribution in [0.1, 0.15) is 54.4 Å². The first kappa shape index (κ1) is 13.0. The molecular weight excluding hydrogens is 158 g/mol. The maximum Gasteiger partial charge on any atom is 0.0130 e. The van der Waals surface area contributed by atoms with Crippen LogP contribution in [0.25, 0.3) is 0 Å². The van der Waals surface area contributed by atoms with Crippen molar-refractivity contribution in [2.24, 2.45) is 0 Å². The first-order valence-corrected chi connectivity index (χ1v) is 5.26. The van der Waals surface area contributed by atoms with Crippen molar-refractivity contribution in [3.8, 4) is 0 Å². The molecule has 0 unspecified atom stereocenters. The molecule has 0 rings (SSSR count). The van der Waals surface area contributed by atoms with Crippen LogP contribution in [-0.2, 0) is 0 Å². The van der Waals surface area contributed by atoms with Gasteiger partial charge in [0, 0.05) is 11.1 Å². The molecule has 1 nitrogen and oxygen atoms in total. The van der Waals surface area contributed by atoms with Crippen molar-refractivity contribution < 1.29 is 0 Å². The third-order valence-corrected chi connectivity index (χ3v) is 2.25. The van der Waals surface area contributed by atoms with Crippen LogP contribution in [0, 0.1) is 6.92 Å². The van der Waals surface area contributed by atoms with Gasteiger partial charge in [-0.2, -0.15) is 0 Å². The molecule has 0 fully saturated rings. The predicted molar refractivity (Wildman–Crippen MR) is 60.8 cm³/mol. The van der Waals surface area contributed by atoms with E-state index in [0.717, 1.165) is 13.0 Å². The fourth-order valence-corrected chi connectivity index (χ4v) is 1.95. The van der Waals surface area contributed by atoms with E-state index < -0.39 is 0 Å². The van der Waals surface area contributed by atoms with Gasteiger partial charge in [0.2, 0.25) is 0 Å². The molecule has 0 aromatic heterocycles. The van der Waals surface area contributed by atoms with Crippen LogP contribution in [0.5, 0.6) is 0 Å². The highest BCUT2D eigenvalue weighted by atomic mass is 15.2. The molecule has 0 spiro atoms. The minimum atomic E-state index is 0.257. The zero-order valence-electron chi connectivity index (χ0n) is 10.3. The van der Waals surface area contributed by atoms with Crippen molar-refractivity contribution in [3.63, 3.8) is 0 Å². The van der Waals surface area contributed by atoms with Crippen molar-refractivity contribution in [1.82, 2.24) is 4.90 Å². The molecule has 13 heavy (non-hydrogen) atoms. The van der Waals surface area contributed by atoms with E-state index in [1.807, 2.05) is 0 Å². The smallest absolute Gasteiger partial charge is 0.0130 e. The second-order valence-electron chi connectivity index (χ2n) is 5.70. The van der Waals surface area contributed by atoms with Crippen molar-refractivity contribution in [3.05, 3.63) is 6.92 Å². The molecule has 0 amide bonds. The standard InChI is InChI=1S/C12H26N/c1-8-9-10-13(11(2,3)4)12(5,6)7/h1,8-10H2,2-7H3. The van der Waals surface area contributed by atoms with Crippen LogP contribution in [-0.4, -0.2) is 22.5 Å². The van der Waals surface area contributed by atoms with E-state index in [1.165, 1.54) is 6.42 Å². The summed E-state index contributed by atoms with van der Waals surface area (Å²) in [6.07, 6.45) is 2.22. The molecule has 0 atom stereocenters. The van der Waals surface area contributed by atoms with Crippen molar-refractivity contribution in [2.75, 3.05) is 6.54 Å². The van der Waals surface area contributed by atoms with Gasteiger partial charge in [-0.3, -0.25) is 4.90 Å². The van der Waals surface area contributed by atoms with E-state index in [4.69, 9.17) is 0 Å². The number of rotatable bonds is 3. The van der Waals surface area contributed by atoms with E-state index in [9.17, 15) is 0 Å². The average molecular weight is 184 g/mol. The highest BCUT2D eigenvalue weighted by molar-refractivity contribution is 4.86. The monoisotopic (exact) mass is 184 g/mol. The lowest BCUT2D eigenvalue weighted by Crippen LogP contribution is -2.52. The minimum Gasteiger partial charge on any atom is -0.294 e. The summed E-state index contributed by atoms with van der Waals surface area (Å²) in [4.78, 5) is 2.55. The first-order chi connectivity index (χ1) is 5.69. The van der Waals surface area contributed by atoms with Gasteiger partial charge in [-0.1, -0.05) is 13.3 Å². The number of hydrogen-bond donors (Lipinski definition) is 0. The van der Waals surface area contributed by atoms with Crippen LogP contribution in [0.4, 0.5) is 0 Å². The summed E-state index contributed by atoms with van der Waals surface area (Å²) in [5, 5.41) is 0. The molecule has 1 heteroatoms. The number of unbranched alkanes of at least 4 members (excludes halogenated alkanes) is 1. The molecule has 0 aromatic carbocycles. The number of hydrogen-bond acceptors (Lipinski definition) is 1. The van der Waals surface area contributed by atoms with Gasteiger partial charge in [-0.05, 0) is 54.5 Å². The quantitative estimate of drug-likeness (QED) is 0.649. The molecule has 0 aliphatic carbocycles. The fraction of sp³-hybridized carbons (Fsp3) is 0.917. The molecule has 1 radical (unpaired) electrons. The van der Waals surface area contributed by atoms with E-state index in [-0.39, 0.29) is 11.1 Å². The zero-order chi connectivity index (χ0) is 10.7. The molecule has 0 aliphatic rings. The summed E-state index contributed by atoms with van der Waals surface area (Å²) in [6, 6.07) is 0. The summed E-state index contributed by atoms with van der Waals surface area (Å²) in [6.45, 7) is 18.7. The Morgan fingerprint density at radius 2 is 1.31 bits per heavy atom. The first-order valence-electron chi connectivity index (χ1n) is 5.26. The minimum absolute atomic E-state index is 0.257. The van der Waals surface area contributed by atoms with Gasteiger partial charge in [0.05, 0.1) is 0 Å². The Bertz CT molecular complexity index is 122. The van der Waals surface area contributed by atoms with Gasteiger partial charge in [0.25, 0.3) is 0 Å². The van der Waals surface area contributed by atoms with Crippen LogP contribution in [0.3, 0.4) is 0 Å². The molecular formula is C12H26N. The van der Waals surface area contributed by atoms with Gasteiger partial charge in [0.15, 0.2) is 0 Å². The summed E-state index contributed by atoms with van der Waals surface area (Å²) >= 11 is 0. The maximum absolute atomic E-state index is 3.90. The lowest BCUT2D eigenvalue weighted by Gasteiger charge is -2.45. The number of nitrogens with zero attached hydrogens (tertiary/aromatic N) is 1. The van der Waals surface area contributed by atoms with Crippen molar-refractivity contribution in [2.45, 2.75) is 65.5 Å². The average Bonchev–Trinajstić information content (AvgIpc) is 1.81. The van der Waals surface area contributed by atoms with Gasteiger partial charge in [-0.15, -0.1) is 0 Å². The van der Waals surface area contributed by atoms with E-state index >= 15 is 0 Å². The van der Waals surface area contributed by atoms with Gasteiger partial charge in [-0.25, -0.2) is 0 Å². The van der Waals surface area contributed by atoms with E-state index in [0.29, 0.717) is 0 Å². The predicted octanol–water partition coefficient (Wildman–Crippen LogP) is 3.50. The highest BCUT2D eigenvalue weighted by Crippen LogP contribution is 2.24. The molecule has 79 valence electrons. The highest BCUT2D eigenvalue weighted by Gasteiger charge is 2.30. The van der Waals surface area contributed by atoms with Crippen molar-refractivity contribution in [1.29, 1.82) is 0 Å². The van der Waals surface area contributed by atoms with Crippen LogP contribution in [0.2, 0.25) is 0 Å². The van der Waals surface area contributed by atoms with Crippen LogP contribution in [0.15, 0.2) is 0 Å². The Kier molecular flexibility index (Phi) is 4.44. The third-order valence-electron chi connectivity index (χ3n) is 2.25. The van der Waals surface area contributed by atoms with E-state index in [2.05, 4.69) is 53.4 Å². The molecule has 0 bridgehead atoms. The lowest BCUT2D eigenvalue weighted by molar-refractivity contribution is 0.0376. The summed E-state index contributed by atoms with van der Waals surface area (Å²) in [7, 11) is 0. The normalized spacial score (nSPS) is 13.8. The van der Waals surface area contributed by atoms with E-state index in [1.54, 1.807) is 0 Å². The third kappa shape index (κ3) is 4.66. The Labute approximate surface area is 84.5 Å². The van der Waals surface area contributed by atoms with Gasteiger partial charge >= 0.3 is 0 Å². The molecule has 0 saturated carbocycles. The molecule has 0 N–H and O–H groups in total. The molecule has 0 saturated heterocycles. The lowest BCUT2D eigenvalue weighted by atomic mass is 9.95. The van der Waals surface area contributed by atoms with Crippen molar-refractivity contribution >= 4 is 0 Å². The summed E-state index contributed by atoms with van der Waals surface area (Å²) in [5.74, 6) is 0. The summed E-state index contributed by atoms with van der Waals surface area (Å²) < 4.78 is 0. The Morgan fingerprint density at radius 3 is 1.54 bits per heavy atom. The Balaban J connectivity index is 4.39. The second-order valence-corrected chi connectivity index (χ2v) is 5.70. The molecule has 0 aromatic rings. The summed E-state index contributed by atoms with van der Waals surface area (Å²) in [5.41, 5.74) is 0.515. The zero-order valence-corrected chi connectivity index (χ0v) is 10.3. The van der Waals surface area contributed by atoms with Crippen LogP contribution < -0.4 is 0 Å². The SMILES string of the molecule is [CH2]CCCN(C(C)(C)C)C(C)(C)C. The van der Waals surface area contributed by atoms with Crippen LogP contribution >= 0.6 is 0 Å². The maximum atomic E-state index is 3.90.